The third-order valence-electron chi connectivity index (χ3n) is 5.29. The Morgan fingerprint density at radius 3 is 2.27 bits per heavy atom. The Bertz CT molecular complexity index is 1210. The van der Waals surface area contributed by atoms with Crippen LogP contribution in [0.3, 0.4) is 0 Å². The lowest BCUT2D eigenvalue weighted by atomic mass is 10.1. The molecule has 2 aliphatic heterocycles. The molecule has 0 spiro atoms. The molecule has 0 aromatic heterocycles. The van der Waals surface area contributed by atoms with E-state index in [1.54, 1.807) is 48.5 Å². The van der Waals surface area contributed by atoms with Crippen molar-refractivity contribution < 1.29 is 22.8 Å². The molecule has 2 aromatic carbocycles. The van der Waals surface area contributed by atoms with E-state index in [4.69, 9.17) is 0 Å². The summed E-state index contributed by atoms with van der Waals surface area (Å²) in [5, 5.41) is 13.4. The number of benzene rings is 2. The maximum atomic E-state index is 12.7. The zero-order valence-corrected chi connectivity index (χ0v) is 18.5. The molecule has 1 saturated heterocycles. The summed E-state index contributed by atoms with van der Waals surface area (Å²) in [6.45, 7) is 0. The van der Waals surface area contributed by atoms with Crippen LogP contribution in [0.2, 0.25) is 0 Å². The number of urea groups is 1. The largest absolute Gasteiger partial charge is 0.323 e. The van der Waals surface area contributed by atoms with Crippen LogP contribution in [0.4, 0.5) is 21.9 Å². The van der Waals surface area contributed by atoms with Crippen molar-refractivity contribution in [2.75, 3.05) is 27.5 Å². The van der Waals surface area contributed by atoms with E-state index in [2.05, 4.69) is 21.1 Å². The zero-order valence-electron chi connectivity index (χ0n) is 17.7. The Morgan fingerprint density at radius 1 is 0.909 bits per heavy atom. The summed E-state index contributed by atoms with van der Waals surface area (Å²) < 4.78 is 23.5. The Labute approximate surface area is 191 Å². The molecule has 1 atom stereocenters. The first-order valence-electron chi connectivity index (χ1n) is 10.4. The van der Waals surface area contributed by atoms with Crippen LogP contribution in [-0.4, -0.2) is 54.5 Å². The predicted octanol–water partition coefficient (Wildman–Crippen LogP) is 2.43. The van der Waals surface area contributed by atoms with Crippen molar-refractivity contribution in [3.63, 3.8) is 0 Å². The van der Waals surface area contributed by atoms with Crippen molar-refractivity contribution in [1.29, 1.82) is 0 Å². The van der Waals surface area contributed by atoms with Crippen molar-refractivity contribution in [2.24, 2.45) is 5.10 Å². The maximum Gasteiger partial charge on any atom is 0.323 e. The molecule has 0 aliphatic carbocycles. The topological polar surface area (TPSA) is 137 Å². The van der Waals surface area contributed by atoms with Gasteiger partial charge in [0.25, 0.3) is 5.91 Å². The van der Waals surface area contributed by atoms with Crippen molar-refractivity contribution in [3.8, 4) is 0 Å². The minimum atomic E-state index is -3.19. The van der Waals surface area contributed by atoms with Crippen LogP contribution in [0, 0.1) is 0 Å². The molecule has 4 rings (SSSR count). The molecular weight excluding hydrogens is 446 g/mol. The van der Waals surface area contributed by atoms with Gasteiger partial charge in [0, 0.05) is 29.9 Å². The van der Waals surface area contributed by atoms with Crippen molar-refractivity contribution in [1.82, 2.24) is 5.01 Å². The van der Waals surface area contributed by atoms with Crippen LogP contribution in [0.15, 0.2) is 59.7 Å². The second kappa shape index (κ2) is 9.41. The van der Waals surface area contributed by atoms with Crippen LogP contribution < -0.4 is 16.0 Å². The lowest BCUT2D eigenvalue weighted by molar-refractivity contribution is -0.133. The summed E-state index contributed by atoms with van der Waals surface area (Å²) in [6.07, 6.45) is 0.563. The van der Waals surface area contributed by atoms with Crippen molar-refractivity contribution >= 4 is 50.5 Å². The van der Waals surface area contributed by atoms with Gasteiger partial charge in [-0.05, 0) is 36.8 Å². The molecule has 33 heavy (non-hydrogen) atoms. The molecule has 1 fully saturated rings. The molecule has 0 saturated carbocycles. The molecule has 11 heteroatoms. The Hall–Kier alpha value is -3.73. The van der Waals surface area contributed by atoms with Gasteiger partial charge in [-0.2, -0.15) is 5.10 Å². The molecule has 2 aliphatic rings. The molecule has 2 heterocycles. The Morgan fingerprint density at radius 2 is 1.58 bits per heavy atom. The molecule has 10 nitrogen and oxygen atoms in total. The SMILES string of the molecule is O=C(Nc1ccccc1)Nc1cccc(NC(=O)C2=NN([C@H]3CCS(=O)(=O)C3)C(=O)CC2)c1. The first-order valence-corrected chi connectivity index (χ1v) is 12.3. The van der Waals surface area contributed by atoms with Gasteiger partial charge in [-0.15, -0.1) is 0 Å². The lowest BCUT2D eigenvalue weighted by Gasteiger charge is -2.27. The van der Waals surface area contributed by atoms with Gasteiger partial charge in [-0.3, -0.25) is 9.59 Å². The first kappa shape index (κ1) is 22.5. The number of anilines is 3. The second-order valence-corrected chi connectivity index (χ2v) is 10.1. The summed E-state index contributed by atoms with van der Waals surface area (Å²) >= 11 is 0. The van der Waals surface area contributed by atoms with Gasteiger partial charge in [0.1, 0.15) is 5.71 Å². The highest BCUT2D eigenvalue weighted by molar-refractivity contribution is 7.91. The Kier molecular flexibility index (Phi) is 6.40. The van der Waals surface area contributed by atoms with E-state index in [-0.39, 0.29) is 36.0 Å². The van der Waals surface area contributed by atoms with Gasteiger partial charge in [0.15, 0.2) is 9.84 Å². The van der Waals surface area contributed by atoms with E-state index < -0.39 is 27.8 Å². The van der Waals surface area contributed by atoms with E-state index in [1.165, 1.54) is 0 Å². The molecule has 3 N–H and O–H groups in total. The minimum absolute atomic E-state index is 0.0101. The van der Waals surface area contributed by atoms with Gasteiger partial charge in [0.2, 0.25) is 5.91 Å². The van der Waals surface area contributed by atoms with Crippen LogP contribution in [0.5, 0.6) is 0 Å². The molecule has 0 bridgehead atoms. The quantitative estimate of drug-likeness (QED) is 0.618. The summed E-state index contributed by atoms with van der Waals surface area (Å²) in [7, 11) is -3.19. The number of carbonyl (C=O) groups is 3. The fourth-order valence-electron chi connectivity index (χ4n) is 3.68. The summed E-state index contributed by atoms with van der Waals surface area (Å²) in [4.78, 5) is 37.2. The predicted molar refractivity (Wildman–Crippen MR) is 125 cm³/mol. The van der Waals surface area contributed by atoms with E-state index in [1.807, 2.05) is 6.07 Å². The van der Waals surface area contributed by atoms with Gasteiger partial charge in [-0.25, -0.2) is 18.2 Å². The third-order valence-corrected chi connectivity index (χ3v) is 7.04. The van der Waals surface area contributed by atoms with Gasteiger partial charge in [0.05, 0.1) is 17.5 Å². The third kappa shape index (κ3) is 5.75. The summed E-state index contributed by atoms with van der Waals surface area (Å²) in [6, 6.07) is 14.6. The fourth-order valence-corrected chi connectivity index (χ4v) is 5.37. The van der Waals surface area contributed by atoms with E-state index in [0.717, 1.165) is 5.01 Å². The molecule has 0 unspecified atom stereocenters. The average Bonchev–Trinajstić information content (AvgIpc) is 3.14. The minimum Gasteiger partial charge on any atom is -0.321 e. The molecular formula is C22H23N5O5S. The van der Waals surface area contributed by atoms with E-state index in [9.17, 15) is 22.8 Å². The molecule has 4 amide bonds. The highest BCUT2D eigenvalue weighted by Gasteiger charge is 2.37. The van der Waals surface area contributed by atoms with Crippen molar-refractivity contribution in [3.05, 3.63) is 54.6 Å². The number of rotatable bonds is 5. The number of sulfone groups is 1. The van der Waals surface area contributed by atoms with Crippen molar-refractivity contribution in [2.45, 2.75) is 25.3 Å². The number of para-hydroxylation sites is 1. The highest BCUT2D eigenvalue weighted by atomic mass is 32.2. The van der Waals surface area contributed by atoms with Crippen LogP contribution in [0.1, 0.15) is 19.3 Å². The number of nitrogens with zero attached hydrogens (tertiary/aromatic N) is 2. The molecule has 172 valence electrons. The van der Waals surface area contributed by atoms with E-state index >= 15 is 0 Å². The number of carbonyl (C=O) groups excluding carboxylic acids is 3. The normalized spacial score (nSPS) is 19.5. The number of hydrogen-bond acceptors (Lipinski definition) is 6. The van der Waals surface area contributed by atoms with Crippen LogP contribution >= 0.6 is 0 Å². The molecule has 0 radical (unpaired) electrons. The first-order chi connectivity index (χ1) is 15.8. The maximum absolute atomic E-state index is 12.7. The van der Waals surface area contributed by atoms with E-state index in [0.29, 0.717) is 23.5 Å². The number of hydrogen-bond donors (Lipinski definition) is 3. The lowest BCUT2D eigenvalue weighted by Crippen LogP contribution is -2.42. The number of amides is 4. The highest BCUT2D eigenvalue weighted by Crippen LogP contribution is 2.23. The Balaban J connectivity index is 1.40. The average molecular weight is 470 g/mol. The van der Waals surface area contributed by atoms with Crippen LogP contribution in [-0.2, 0) is 19.4 Å². The monoisotopic (exact) mass is 469 g/mol. The number of hydrazone groups is 1. The molecule has 2 aromatic rings. The summed E-state index contributed by atoms with van der Waals surface area (Å²) in [5.41, 5.74) is 1.70. The zero-order chi connectivity index (χ0) is 23.4. The van der Waals surface area contributed by atoms with Gasteiger partial charge < -0.3 is 16.0 Å². The van der Waals surface area contributed by atoms with Gasteiger partial charge in [-0.1, -0.05) is 24.3 Å². The second-order valence-electron chi connectivity index (χ2n) is 7.82. The number of nitrogens with one attached hydrogen (secondary N) is 3. The van der Waals surface area contributed by atoms with Crippen LogP contribution in [0.25, 0.3) is 0 Å². The smallest absolute Gasteiger partial charge is 0.321 e. The van der Waals surface area contributed by atoms with Gasteiger partial charge >= 0.3 is 6.03 Å². The summed E-state index contributed by atoms with van der Waals surface area (Å²) in [5.74, 6) is -0.907. The standard InChI is InChI=1S/C22H23N5O5S/c28-20-10-9-19(26-27(20)18-11-12-33(31,32)14-18)21(29)23-16-7-4-8-17(13-16)25-22(30)24-15-5-2-1-3-6-15/h1-8,13,18H,9-12,14H2,(H,23,29)(H2,24,25,30)/t18-/m0/s1. The fraction of sp³-hybridized carbons (Fsp3) is 0.273.